The average Bonchev–Trinajstić information content (AvgIpc) is 2.52. The summed E-state index contributed by atoms with van der Waals surface area (Å²) in [6.45, 7) is 6.14. The predicted octanol–water partition coefficient (Wildman–Crippen LogP) is 1.39. The number of nitrogens with two attached hydrogens (primary N) is 1. The van der Waals surface area contributed by atoms with Crippen molar-refractivity contribution in [2.75, 3.05) is 51.2 Å². The molecule has 1 fully saturated rings. The molecular weight excluding hydrogens is 286 g/mol. The van der Waals surface area contributed by atoms with E-state index in [0.717, 1.165) is 56.4 Å². The molecule has 3 N–H and O–H groups in total. The molecule has 2 rings (SSSR count). The van der Waals surface area contributed by atoms with E-state index in [0.29, 0.717) is 5.96 Å². The van der Waals surface area contributed by atoms with Crippen molar-refractivity contribution in [2.24, 2.45) is 10.7 Å². The van der Waals surface area contributed by atoms with E-state index in [4.69, 9.17) is 17.3 Å². The van der Waals surface area contributed by atoms with Crippen molar-refractivity contribution < 1.29 is 0 Å². The van der Waals surface area contributed by atoms with Crippen LogP contribution in [0.1, 0.15) is 6.42 Å². The maximum Gasteiger partial charge on any atom is 0.188 e. The number of anilines is 1. The van der Waals surface area contributed by atoms with Crippen molar-refractivity contribution in [3.63, 3.8) is 0 Å². The molecule has 1 aromatic carbocycles. The van der Waals surface area contributed by atoms with Crippen molar-refractivity contribution >= 4 is 23.2 Å². The number of halogens is 1. The van der Waals surface area contributed by atoms with Gasteiger partial charge < -0.3 is 16.0 Å². The molecule has 0 saturated carbocycles. The van der Waals surface area contributed by atoms with Crippen LogP contribution in [-0.2, 0) is 0 Å². The van der Waals surface area contributed by atoms with E-state index >= 15 is 0 Å². The Morgan fingerprint density at radius 3 is 2.67 bits per heavy atom. The highest BCUT2D eigenvalue weighted by Crippen LogP contribution is 2.25. The smallest absolute Gasteiger partial charge is 0.188 e. The lowest BCUT2D eigenvalue weighted by molar-refractivity contribution is 0.255. The summed E-state index contributed by atoms with van der Waals surface area (Å²) in [5.74, 6) is 0.513. The molecule has 116 valence electrons. The van der Waals surface area contributed by atoms with E-state index in [1.54, 1.807) is 7.05 Å². The van der Waals surface area contributed by atoms with E-state index in [2.05, 4.69) is 26.2 Å². The molecule has 1 aliphatic heterocycles. The van der Waals surface area contributed by atoms with Gasteiger partial charge >= 0.3 is 0 Å². The molecule has 5 nitrogen and oxygen atoms in total. The first-order valence-corrected chi connectivity index (χ1v) is 7.76. The van der Waals surface area contributed by atoms with Crippen LogP contribution in [0.4, 0.5) is 5.69 Å². The predicted molar refractivity (Wildman–Crippen MR) is 90.3 cm³/mol. The minimum Gasteiger partial charge on any atom is -0.370 e. The van der Waals surface area contributed by atoms with Crippen LogP contribution in [-0.4, -0.2) is 57.2 Å². The van der Waals surface area contributed by atoms with Crippen LogP contribution in [0.15, 0.2) is 29.3 Å². The van der Waals surface area contributed by atoms with Crippen LogP contribution < -0.4 is 16.0 Å². The number of benzene rings is 1. The Balaban J connectivity index is 1.70. The molecule has 0 radical (unpaired) electrons. The number of para-hydroxylation sites is 1. The molecule has 1 heterocycles. The monoisotopic (exact) mass is 309 g/mol. The molecule has 0 amide bonds. The van der Waals surface area contributed by atoms with E-state index in [1.165, 1.54) is 0 Å². The number of rotatable bonds is 5. The van der Waals surface area contributed by atoms with E-state index in [9.17, 15) is 0 Å². The van der Waals surface area contributed by atoms with Crippen LogP contribution in [0.2, 0.25) is 5.02 Å². The van der Waals surface area contributed by atoms with Gasteiger partial charge in [0.25, 0.3) is 0 Å². The fraction of sp³-hybridized carbons (Fsp3) is 0.533. The minimum atomic E-state index is 0.513. The second kappa shape index (κ2) is 8.10. The number of hydrogen-bond donors (Lipinski definition) is 2. The Labute approximate surface area is 131 Å². The summed E-state index contributed by atoms with van der Waals surface area (Å²) in [6, 6.07) is 8.06. The van der Waals surface area contributed by atoms with Crippen LogP contribution in [0.25, 0.3) is 0 Å². The molecular formula is C15H24ClN5. The summed E-state index contributed by atoms with van der Waals surface area (Å²) in [5, 5.41) is 3.92. The van der Waals surface area contributed by atoms with Gasteiger partial charge in [-0.2, -0.15) is 0 Å². The van der Waals surface area contributed by atoms with Crippen LogP contribution >= 0.6 is 11.6 Å². The van der Waals surface area contributed by atoms with Crippen LogP contribution in [0, 0.1) is 0 Å². The van der Waals surface area contributed by atoms with Gasteiger partial charge in [-0.15, -0.1) is 0 Å². The standard InChI is InChI=1S/C15H24ClN5/c1-18-15(17)19-7-4-8-20-9-11-21(12-10-20)14-6-3-2-5-13(14)16/h2-3,5-6H,4,7-12H2,1H3,(H3,17,18,19). The number of aliphatic imine (C=N–C) groups is 1. The third-order valence-electron chi connectivity index (χ3n) is 3.76. The highest BCUT2D eigenvalue weighted by atomic mass is 35.5. The van der Waals surface area contributed by atoms with Gasteiger partial charge in [-0.25, -0.2) is 0 Å². The van der Waals surface area contributed by atoms with Gasteiger partial charge in [0.2, 0.25) is 0 Å². The first kappa shape index (κ1) is 15.9. The number of hydrogen-bond acceptors (Lipinski definition) is 3. The van der Waals surface area contributed by atoms with Gasteiger partial charge in [-0.1, -0.05) is 23.7 Å². The van der Waals surface area contributed by atoms with Gasteiger partial charge in [-0.3, -0.25) is 9.89 Å². The molecule has 1 aromatic rings. The number of guanidine groups is 1. The van der Waals surface area contributed by atoms with Gasteiger partial charge in [0.15, 0.2) is 5.96 Å². The quantitative estimate of drug-likeness (QED) is 0.490. The number of nitrogens with zero attached hydrogens (tertiary/aromatic N) is 3. The molecule has 1 aliphatic rings. The first-order valence-electron chi connectivity index (χ1n) is 7.38. The molecule has 6 heteroatoms. The summed E-state index contributed by atoms with van der Waals surface area (Å²) in [5.41, 5.74) is 6.74. The SMILES string of the molecule is CN=C(N)NCCCN1CCN(c2ccccc2Cl)CC1. The fourth-order valence-electron chi connectivity index (χ4n) is 2.52. The zero-order valence-corrected chi connectivity index (χ0v) is 13.3. The van der Waals surface area contributed by atoms with Crippen molar-refractivity contribution in [3.05, 3.63) is 29.3 Å². The number of nitrogens with one attached hydrogen (secondary N) is 1. The molecule has 0 bridgehead atoms. The Bertz CT molecular complexity index is 469. The van der Waals surface area contributed by atoms with Crippen LogP contribution in [0.3, 0.4) is 0 Å². The van der Waals surface area contributed by atoms with Crippen molar-refractivity contribution in [1.29, 1.82) is 0 Å². The molecule has 0 aliphatic carbocycles. The zero-order chi connectivity index (χ0) is 15.1. The second-order valence-corrected chi connectivity index (χ2v) is 5.58. The Hall–Kier alpha value is -1.46. The van der Waals surface area contributed by atoms with E-state index in [1.807, 2.05) is 18.2 Å². The summed E-state index contributed by atoms with van der Waals surface area (Å²) in [4.78, 5) is 8.72. The van der Waals surface area contributed by atoms with Gasteiger partial charge in [0, 0.05) is 39.8 Å². The Morgan fingerprint density at radius 2 is 2.00 bits per heavy atom. The maximum atomic E-state index is 6.25. The topological polar surface area (TPSA) is 56.9 Å². The van der Waals surface area contributed by atoms with Crippen molar-refractivity contribution in [1.82, 2.24) is 10.2 Å². The Morgan fingerprint density at radius 1 is 1.29 bits per heavy atom. The lowest BCUT2D eigenvalue weighted by Gasteiger charge is -2.36. The van der Waals surface area contributed by atoms with E-state index < -0.39 is 0 Å². The first-order chi connectivity index (χ1) is 10.2. The van der Waals surface area contributed by atoms with E-state index in [-0.39, 0.29) is 0 Å². The fourth-order valence-corrected chi connectivity index (χ4v) is 2.77. The third-order valence-corrected chi connectivity index (χ3v) is 4.08. The van der Waals surface area contributed by atoms with Gasteiger partial charge in [0.1, 0.15) is 0 Å². The minimum absolute atomic E-state index is 0.513. The molecule has 0 atom stereocenters. The van der Waals surface area contributed by atoms with Gasteiger partial charge in [-0.05, 0) is 25.1 Å². The summed E-state index contributed by atoms with van der Waals surface area (Å²) < 4.78 is 0. The lowest BCUT2D eigenvalue weighted by atomic mass is 10.2. The summed E-state index contributed by atoms with van der Waals surface area (Å²) in [6.07, 6.45) is 1.07. The summed E-state index contributed by atoms with van der Waals surface area (Å²) in [7, 11) is 1.69. The van der Waals surface area contributed by atoms with Crippen molar-refractivity contribution in [2.45, 2.75) is 6.42 Å². The Kier molecular flexibility index (Phi) is 6.14. The highest BCUT2D eigenvalue weighted by Gasteiger charge is 2.18. The summed E-state index contributed by atoms with van der Waals surface area (Å²) >= 11 is 6.25. The van der Waals surface area contributed by atoms with Gasteiger partial charge in [0.05, 0.1) is 10.7 Å². The third kappa shape index (κ3) is 4.79. The molecule has 0 unspecified atom stereocenters. The second-order valence-electron chi connectivity index (χ2n) is 5.17. The highest BCUT2D eigenvalue weighted by molar-refractivity contribution is 6.33. The zero-order valence-electron chi connectivity index (χ0n) is 12.6. The van der Waals surface area contributed by atoms with Crippen molar-refractivity contribution in [3.8, 4) is 0 Å². The molecule has 0 spiro atoms. The average molecular weight is 310 g/mol. The van der Waals surface area contributed by atoms with Crippen LogP contribution in [0.5, 0.6) is 0 Å². The molecule has 1 saturated heterocycles. The molecule has 21 heavy (non-hydrogen) atoms. The lowest BCUT2D eigenvalue weighted by Crippen LogP contribution is -2.47. The molecule has 0 aromatic heterocycles. The largest absolute Gasteiger partial charge is 0.370 e. The normalized spacial score (nSPS) is 17.0. The number of piperazine rings is 1. The maximum absolute atomic E-state index is 6.25.